The molecule has 1 aliphatic rings. The van der Waals surface area contributed by atoms with Crippen LogP contribution in [0.2, 0.25) is 0 Å². The fraction of sp³-hybridized carbons (Fsp3) is 0.0213. The van der Waals surface area contributed by atoms with Gasteiger partial charge in [0.25, 0.3) is 0 Å². The van der Waals surface area contributed by atoms with Crippen LogP contribution in [-0.2, 0) is 5.41 Å². The first kappa shape index (κ1) is 28.8. The predicted octanol–water partition coefficient (Wildman–Crippen LogP) is 11.5. The molecule has 0 aliphatic heterocycles. The summed E-state index contributed by atoms with van der Waals surface area (Å²) in [6.45, 7) is 0. The lowest BCUT2D eigenvalue weighted by Gasteiger charge is -2.36. The van der Waals surface area contributed by atoms with Crippen molar-refractivity contribution in [3.05, 3.63) is 217 Å². The molecule has 49 heavy (non-hydrogen) atoms. The quantitative estimate of drug-likeness (QED) is 0.184. The lowest BCUT2D eigenvalue weighted by Crippen LogP contribution is -2.30. The van der Waals surface area contributed by atoms with Gasteiger partial charge in [-0.15, -0.1) is 0 Å². The molecule has 2 aromatic heterocycles. The Bertz CT molecular complexity index is 2210. The topological polar surface area (TPSA) is 25.8 Å². The van der Waals surface area contributed by atoms with E-state index >= 15 is 0 Å². The van der Waals surface area contributed by atoms with Gasteiger partial charge in [-0.2, -0.15) is 0 Å². The fourth-order valence-corrected chi connectivity index (χ4v) is 7.84. The molecule has 0 radical (unpaired) electrons. The Labute approximate surface area is 287 Å². The molecular formula is C47H32N2. The zero-order valence-corrected chi connectivity index (χ0v) is 26.9. The molecule has 6 aromatic carbocycles. The highest BCUT2D eigenvalue weighted by atomic mass is 14.6. The minimum atomic E-state index is -0.565. The molecule has 0 saturated carbocycles. The third-order valence-electron chi connectivity index (χ3n) is 9.96. The van der Waals surface area contributed by atoms with E-state index in [-0.39, 0.29) is 0 Å². The Balaban J connectivity index is 1.32. The van der Waals surface area contributed by atoms with E-state index in [0.29, 0.717) is 0 Å². The number of fused-ring (bicyclic) bond motifs is 3. The smallest absolute Gasteiger partial charge is 0.0725 e. The van der Waals surface area contributed by atoms with Crippen LogP contribution in [0.4, 0.5) is 0 Å². The monoisotopic (exact) mass is 624 g/mol. The second kappa shape index (κ2) is 12.0. The molecule has 2 heterocycles. The molecule has 0 spiro atoms. The molecule has 0 amide bonds. The summed E-state index contributed by atoms with van der Waals surface area (Å²) in [6.07, 6.45) is 7.48. The number of rotatable bonds is 6. The van der Waals surface area contributed by atoms with Gasteiger partial charge in [-0.05, 0) is 90.0 Å². The van der Waals surface area contributed by atoms with E-state index in [1.807, 2.05) is 36.9 Å². The summed E-state index contributed by atoms with van der Waals surface area (Å²) in [5, 5.41) is 0. The number of nitrogens with zero attached hydrogens (tertiary/aromatic N) is 2. The van der Waals surface area contributed by atoms with Crippen LogP contribution in [-0.4, -0.2) is 9.97 Å². The molecule has 0 N–H and O–H groups in total. The molecule has 2 nitrogen and oxygen atoms in total. The number of hydrogen-bond donors (Lipinski definition) is 0. The first-order chi connectivity index (χ1) is 24.3. The van der Waals surface area contributed by atoms with Crippen molar-refractivity contribution in [3.63, 3.8) is 0 Å². The largest absolute Gasteiger partial charge is 0.264 e. The van der Waals surface area contributed by atoms with E-state index in [2.05, 4.69) is 168 Å². The SMILES string of the molecule is c1ccc(C2(c3ccccc3)c3c(-c4ccc(-c5cccnc5)cc4)cccc3-c3cccc(-c4ccc(-c5cccnc5)cc4)c32)cc1. The molecule has 0 atom stereocenters. The molecule has 1 aliphatic carbocycles. The summed E-state index contributed by atoms with van der Waals surface area (Å²) in [6, 6.07) is 61.9. The maximum Gasteiger partial charge on any atom is 0.0725 e. The summed E-state index contributed by atoms with van der Waals surface area (Å²) in [5.41, 5.74) is 16.5. The minimum Gasteiger partial charge on any atom is -0.264 e. The lowest BCUT2D eigenvalue weighted by molar-refractivity contribution is 0.772. The van der Waals surface area contributed by atoms with Crippen molar-refractivity contribution in [1.82, 2.24) is 9.97 Å². The van der Waals surface area contributed by atoms with Crippen LogP contribution in [0.5, 0.6) is 0 Å². The Morgan fingerprint density at radius 3 is 1.06 bits per heavy atom. The van der Waals surface area contributed by atoms with Crippen molar-refractivity contribution in [2.24, 2.45) is 0 Å². The summed E-state index contributed by atoms with van der Waals surface area (Å²) < 4.78 is 0. The van der Waals surface area contributed by atoms with E-state index < -0.39 is 5.41 Å². The van der Waals surface area contributed by atoms with Gasteiger partial charge in [-0.3, -0.25) is 9.97 Å². The number of hydrogen-bond acceptors (Lipinski definition) is 2. The third kappa shape index (κ3) is 4.72. The molecule has 2 heteroatoms. The van der Waals surface area contributed by atoms with Gasteiger partial charge in [0.1, 0.15) is 0 Å². The molecule has 8 aromatic rings. The van der Waals surface area contributed by atoms with Crippen LogP contribution in [0, 0.1) is 0 Å². The van der Waals surface area contributed by atoms with Gasteiger partial charge >= 0.3 is 0 Å². The number of pyridine rings is 2. The first-order valence-electron chi connectivity index (χ1n) is 16.7. The molecule has 0 bridgehead atoms. The normalized spacial score (nSPS) is 12.7. The summed E-state index contributed by atoms with van der Waals surface area (Å²) in [7, 11) is 0. The van der Waals surface area contributed by atoms with Crippen LogP contribution in [0.1, 0.15) is 22.3 Å². The molecular weight excluding hydrogens is 593 g/mol. The molecule has 0 saturated heterocycles. The first-order valence-corrected chi connectivity index (χ1v) is 16.7. The van der Waals surface area contributed by atoms with E-state index in [9.17, 15) is 0 Å². The van der Waals surface area contributed by atoms with Crippen molar-refractivity contribution >= 4 is 0 Å². The Hall–Kier alpha value is -6.38. The Morgan fingerprint density at radius 1 is 0.286 bits per heavy atom. The second-order valence-electron chi connectivity index (χ2n) is 12.6. The second-order valence-corrected chi connectivity index (χ2v) is 12.6. The van der Waals surface area contributed by atoms with Crippen molar-refractivity contribution < 1.29 is 0 Å². The maximum absolute atomic E-state index is 4.35. The van der Waals surface area contributed by atoms with Crippen LogP contribution < -0.4 is 0 Å². The average molecular weight is 625 g/mol. The van der Waals surface area contributed by atoms with Crippen LogP contribution in [0.3, 0.4) is 0 Å². The zero-order valence-electron chi connectivity index (χ0n) is 26.9. The van der Waals surface area contributed by atoms with Crippen molar-refractivity contribution in [3.8, 4) is 55.6 Å². The van der Waals surface area contributed by atoms with Gasteiger partial charge in [0.05, 0.1) is 5.41 Å². The summed E-state index contributed by atoms with van der Waals surface area (Å²) in [5.74, 6) is 0. The lowest BCUT2D eigenvalue weighted by atomic mass is 9.64. The predicted molar refractivity (Wildman–Crippen MR) is 201 cm³/mol. The third-order valence-corrected chi connectivity index (χ3v) is 9.96. The maximum atomic E-state index is 4.35. The van der Waals surface area contributed by atoms with Crippen molar-refractivity contribution in [2.45, 2.75) is 5.41 Å². The highest BCUT2D eigenvalue weighted by Gasteiger charge is 2.49. The van der Waals surface area contributed by atoms with Gasteiger partial charge in [0, 0.05) is 24.8 Å². The van der Waals surface area contributed by atoms with Crippen LogP contribution in [0.15, 0.2) is 195 Å². The molecule has 0 unspecified atom stereocenters. The van der Waals surface area contributed by atoms with E-state index in [4.69, 9.17) is 0 Å². The molecule has 0 fully saturated rings. The number of benzene rings is 6. The zero-order chi connectivity index (χ0) is 32.6. The fourth-order valence-electron chi connectivity index (χ4n) is 7.84. The van der Waals surface area contributed by atoms with E-state index in [1.165, 1.54) is 55.6 Å². The van der Waals surface area contributed by atoms with E-state index in [1.54, 1.807) is 0 Å². The standard InChI is InChI=1S/C47H32N2/c1-3-13-39(14-4-1)47(40-15-5-2-6-16-40)45-41(35-25-21-33(22-26-35)37-11-9-29-48-31-37)17-7-19-43(45)44-20-8-18-42(46(44)47)36-27-23-34(24-28-36)38-12-10-30-49-32-38/h1-32H. The average Bonchev–Trinajstić information content (AvgIpc) is 3.51. The minimum absolute atomic E-state index is 0.565. The van der Waals surface area contributed by atoms with Gasteiger partial charge < -0.3 is 0 Å². The van der Waals surface area contributed by atoms with Gasteiger partial charge in [0.2, 0.25) is 0 Å². The van der Waals surface area contributed by atoms with Crippen molar-refractivity contribution in [2.75, 3.05) is 0 Å². The van der Waals surface area contributed by atoms with Gasteiger partial charge in [-0.1, -0.05) is 158 Å². The van der Waals surface area contributed by atoms with E-state index in [0.717, 1.165) is 22.3 Å². The summed E-state index contributed by atoms with van der Waals surface area (Å²) >= 11 is 0. The van der Waals surface area contributed by atoms with Gasteiger partial charge in [-0.25, -0.2) is 0 Å². The van der Waals surface area contributed by atoms with Crippen LogP contribution in [0.25, 0.3) is 55.6 Å². The highest BCUT2D eigenvalue weighted by molar-refractivity contribution is 5.97. The Kier molecular flexibility index (Phi) is 7.06. The number of aromatic nitrogens is 2. The summed E-state index contributed by atoms with van der Waals surface area (Å²) in [4.78, 5) is 8.70. The van der Waals surface area contributed by atoms with Crippen LogP contribution >= 0.6 is 0 Å². The van der Waals surface area contributed by atoms with Crippen molar-refractivity contribution in [1.29, 1.82) is 0 Å². The molecule has 9 rings (SSSR count). The van der Waals surface area contributed by atoms with Gasteiger partial charge in [0.15, 0.2) is 0 Å². The Morgan fingerprint density at radius 2 is 0.673 bits per heavy atom. The highest BCUT2D eigenvalue weighted by Crippen LogP contribution is 2.60. The molecule has 230 valence electrons.